The molecule has 0 saturated carbocycles. The lowest BCUT2D eigenvalue weighted by molar-refractivity contribution is -0.138. The normalized spacial score (nSPS) is 14.1. The third-order valence-corrected chi connectivity index (χ3v) is 8.03. The Balaban J connectivity index is 1.36. The quantitative estimate of drug-likeness (QED) is 0.309. The predicted molar refractivity (Wildman–Crippen MR) is 153 cm³/mol. The van der Waals surface area contributed by atoms with Crippen LogP contribution in [-0.2, 0) is 20.9 Å². The molecule has 1 atom stereocenters. The number of fused-ring (bicyclic) bond motifs is 2. The Morgan fingerprint density at radius 1 is 0.976 bits per heavy atom. The average molecular weight is 568 g/mol. The maximum absolute atomic E-state index is 14.1. The topological polar surface area (TPSA) is 105 Å². The lowest BCUT2D eigenvalue weighted by Gasteiger charge is -2.32. The van der Waals surface area contributed by atoms with E-state index in [2.05, 4.69) is 5.32 Å². The Morgan fingerprint density at radius 3 is 2.56 bits per heavy atom. The Kier molecular flexibility index (Phi) is 6.98. The summed E-state index contributed by atoms with van der Waals surface area (Å²) in [4.78, 5) is 56.9. The fourth-order valence-corrected chi connectivity index (χ4v) is 5.82. The van der Waals surface area contributed by atoms with Gasteiger partial charge in [0.05, 0.1) is 11.3 Å². The molecule has 0 spiro atoms. The molecular weight excluding hydrogens is 542 g/mol. The largest absolute Gasteiger partial charge is 0.454 e. The number of benzene rings is 3. The standard InChI is InChI=1S/C31H25N3O6S/c1-19-7-2-3-8-20(19)16-34(27(35)17-33-23-10-5-4-9-22(23)29(36)31(33)38)28(26-11-6-14-41-26)30(37)32-21-12-13-24-25(15-21)40-18-39-24/h2-15,28H,16-18H2,1H3,(H,32,37). The summed E-state index contributed by atoms with van der Waals surface area (Å²) >= 11 is 1.35. The number of nitrogens with one attached hydrogen (secondary N) is 1. The molecule has 0 bridgehead atoms. The van der Waals surface area contributed by atoms with Crippen LogP contribution in [0.15, 0.2) is 84.2 Å². The number of hydrogen-bond acceptors (Lipinski definition) is 7. The molecule has 0 radical (unpaired) electrons. The van der Waals surface area contributed by atoms with Crippen molar-refractivity contribution in [1.29, 1.82) is 0 Å². The van der Waals surface area contributed by atoms with Gasteiger partial charge >= 0.3 is 0 Å². The smallest absolute Gasteiger partial charge is 0.299 e. The van der Waals surface area contributed by atoms with Crippen LogP contribution in [0.5, 0.6) is 11.5 Å². The van der Waals surface area contributed by atoms with Crippen molar-refractivity contribution in [3.63, 3.8) is 0 Å². The van der Waals surface area contributed by atoms with Crippen LogP contribution in [0.1, 0.15) is 32.4 Å². The van der Waals surface area contributed by atoms with E-state index in [1.807, 2.05) is 42.6 Å². The molecule has 206 valence electrons. The van der Waals surface area contributed by atoms with Gasteiger partial charge in [0, 0.05) is 23.2 Å². The van der Waals surface area contributed by atoms with Gasteiger partial charge < -0.3 is 19.7 Å². The second-order valence-corrected chi connectivity index (χ2v) is 10.6. The summed E-state index contributed by atoms with van der Waals surface area (Å²) in [6.45, 7) is 1.75. The highest BCUT2D eigenvalue weighted by Crippen LogP contribution is 2.36. The van der Waals surface area contributed by atoms with Crippen LogP contribution in [0.3, 0.4) is 0 Å². The molecule has 1 N–H and O–H groups in total. The van der Waals surface area contributed by atoms with E-state index in [4.69, 9.17) is 9.47 Å². The van der Waals surface area contributed by atoms with Gasteiger partial charge in [0.2, 0.25) is 12.7 Å². The molecule has 10 heteroatoms. The number of para-hydroxylation sites is 1. The molecule has 0 fully saturated rings. The van der Waals surface area contributed by atoms with Crippen LogP contribution in [0.2, 0.25) is 0 Å². The molecule has 9 nitrogen and oxygen atoms in total. The summed E-state index contributed by atoms with van der Waals surface area (Å²) in [7, 11) is 0. The van der Waals surface area contributed by atoms with Crippen LogP contribution in [0.25, 0.3) is 0 Å². The fraction of sp³-hybridized carbons (Fsp3) is 0.161. The number of aryl methyl sites for hydroxylation is 1. The van der Waals surface area contributed by atoms with Crippen molar-refractivity contribution in [2.75, 3.05) is 23.6 Å². The van der Waals surface area contributed by atoms with Gasteiger partial charge in [-0.1, -0.05) is 42.5 Å². The summed E-state index contributed by atoms with van der Waals surface area (Å²) in [5, 5.41) is 4.76. The fourth-order valence-electron chi connectivity index (χ4n) is 4.98. The molecule has 3 heterocycles. The number of nitrogens with zero attached hydrogens (tertiary/aromatic N) is 2. The summed E-state index contributed by atoms with van der Waals surface area (Å²) < 4.78 is 10.8. The van der Waals surface area contributed by atoms with Crippen LogP contribution in [0, 0.1) is 6.92 Å². The highest BCUT2D eigenvalue weighted by Gasteiger charge is 2.39. The number of carbonyl (C=O) groups is 4. The number of anilines is 2. The van der Waals surface area contributed by atoms with Crippen molar-refractivity contribution in [2.24, 2.45) is 0 Å². The van der Waals surface area contributed by atoms with E-state index in [1.165, 1.54) is 21.1 Å². The maximum atomic E-state index is 14.1. The Bertz CT molecular complexity index is 1670. The van der Waals surface area contributed by atoms with E-state index in [-0.39, 0.29) is 18.9 Å². The number of carbonyl (C=O) groups excluding carboxylic acids is 4. The first-order chi connectivity index (χ1) is 19.9. The van der Waals surface area contributed by atoms with E-state index in [9.17, 15) is 19.2 Å². The molecular formula is C31H25N3O6S. The molecule has 0 saturated heterocycles. The van der Waals surface area contributed by atoms with E-state index in [0.717, 1.165) is 11.1 Å². The first kappa shape index (κ1) is 26.3. The zero-order chi connectivity index (χ0) is 28.5. The van der Waals surface area contributed by atoms with Crippen molar-refractivity contribution in [1.82, 2.24) is 4.90 Å². The third-order valence-electron chi connectivity index (χ3n) is 7.11. The summed E-state index contributed by atoms with van der Waals surface area (Å²) in [5.74, 6) is -1.25. The molecule has 2 aliphatic rings. The van der Waals surface area contributed by atoms with Crippen LogP contribution >= 0.6 is 11.3 Å². The second kappa shape index (κ2) is 10.9. The minimum Gasteiger partial charge on any atom is -0.454 e. The highest BCUT2D eigenvalue weighted by molar-refractivity contribution is 7.10. The average Bonchev–Trinajstić information content (AvgIpc) is 3.72. The van der Waals surface area contributed by atoms with Gasteiger partial charge in [0.25, 0.3) is 17.6 Å². The van der Waals surface area contributed by atoms with Gasteiger partial charge in [-0.2, -0.15) is 0 Å². The number of rotatable bonds is 8. The van der Waals surface area contributed by atoms with Gasteiger partial charge in [-0.25, -0.2) is 0 Å². The number of Topliss-reactive ketones (excluding diaryl/α,β-unsaturated/α-hetero) is 1. The van der Waals surface area contributed by atoms with Gasteiger partial charge in [0.1, 0.15) is 12.6 Å². The van der Waals surface area contributed by atoms with Crippen molar-refractivity contribution in [2.45, 2.75) is 19.5 Å². The van der Waals surface area contributed by atoms with Crippen molar-refractivity contribution >= 4 is 46.2 Å². The lowest BCUT2D eigenvalue weighted by atomic mass is 10.1. The van der Waals surface area contributed by atoms with Gasteiger partial charge in [0.15, 0.2) is 11.5 Å². The highest BCUT2D eigenvalue weighted by atomic mass is 32.1. The van der Waals surface area contributed by atoms with Crippen LogP contribution in [-0.4, -0.2) is 41.7 Å². The first-order valence-corrected chi connectivity index (χ1v) is 13.8. The van der Waals surface area contributed by atoms with E-state index >= 15 is 0 Å². The molecule has 3 aromatic carbocycles. The maximum Gasteiger partial charge on any atom is 0.299 e. The molecule has 2 aliphatic heterocycles. The van der Waals surface area contributed by atoms with Crippen LogP contribution in [0.4, 0.5) is 11.4 Å². The Hall–Kier alpha value is -4.96. The molecule has 1 aromatic heterocycles. The number of amides is 3. The lowest BCUT2D eigenvalue weighted by Crippen LogP contribution is -2.46. The Morgan fingerprint density at radius 2 is 1.76 bits per heavy atom. The van der Waals surface area contributed by atoms with Crippen molar-refractivity contribution in [3.8, 4) is 11.5 Å². The summed E-state index contributed by atoms with van der Waals surface area (Å²) in [6.07, 6.45) is 0. The minimum absolute atomic E-state index is 0.101. The third kappa shape index (κ3) is 5.05. The molecule has 6 rings (SSSR count). The second-order valence-electron chi connectivity index (χ2n) is 9.66. The van der Waals surface area contributed by atoms with E-state index in [1.54, 1.807) is 48.5 Å². The molecule has 4 aromatic rings. The first-order valence-electron chi connectivity index (χ1n) is 12.9. The molecule has 41 heavy (non-hydrogen) atoms. The monoisotopic (exact) mass is 567 g/mol. The minimum atomic E-state index is -1.02. The zero-order valence-electron chi connectivity index (χ0n) is 22.0. The van der Waals surface area contributed by atoms with Crippen molar-refractivity contribution in [3.05, 3.63) is 106 Å². The summed E-state index contributed by atoms with van der Waals surface area (Å²) in [5.41, 5.74) is 2.92. The van der Waals surface area contributed by atoms with Gasteiger partial charge in [-0.15, -0.1) is 11.3 Å². The molecule has 3 amide bonds. The van der Waals surface area contributed by atoms with Gasteiger partial charge in [-0.05, 0) is 53.8 Å². The predicted octanol–water partition coefficient (Wildman–Crippen LogP) is 4.72. The number of ether oxygens (including phenoxy) is 2. The molecule has 1 unspecified atom stereocenters. The Labute approximate surface area is 239 Å². The van der Waals surface area contributed by atoms with Gasteiger partial charge in [-0.3, -0.25) is 24.1 Å². The molecule has 0 aliphatic carbocycles. The zero-order valence-corrected chi connectivity index (χ0v) is 22.9. The van der Waals surface area contributed by atoms with Crippen molar-refractivity contribution < 1.29 is 28.7 Å². The van der Waals surface area contributed by atoms with E-state index < -0.39 is 36.1 Å². The van der Waals surface area contributed by atoms with E-state index in [0.29, 0.717) is 27.8 Å². The van der Waals surface area contributed by atoms with Crippen LogP contribution < -0.4 is 19.7 Å². The number of thiophene rings is 1. The summed E-state index contributed by atoms with van der Waals surface area (Å²) in [6, 6.07) is 21.9. The number of hydrogen-bond donors (Lipinski definition) is 1. The number of ketones is 1. The SMILES string of the molecule is Cc1ccccc1CN(C(=O)CN1C(=O)C(=O)c2ccccc21)C(C(=O)Nc1ccc2c(c1)OCO2)c1cccs1.